The van der Waals surface area contributed by atoms with Gasteiger partial charge in [0.15, 0.2) is 0 Å². The number of fused-ring (bicyclic) bond motifs is 1. The highest BCUT2D eigenvalue weighted by Gasteiger charge is 2.18. The van der Waals surface area contributed by atoms with Crippen molar-refractivity contribution in [2.45, 2.75) is 12.8 Å². The van der Waals surface area contributed by atoms with Crippen LogP contribution in [0, 0.1) is 0 Å². The van der Waals surface area contributed by atoms with Crippen molar-refractivity contribution in [1.29, 1.82) is 0 Å². The summed E-state index contributed by atoms with van der Waals surface area (Å²) in [5.74, 6) is 0. The molecule has 0 nitrogen and oxygen atoms in total. The van der Waals surface area contributed by atoms with E-state index in [1.54, 1.807) is 0 Å². The monoisotopic (exact) mass is 256 g/mol. The third-order valence-corrected chi connectivity index (χ3v) is 4.19. The fraction of sp³-hybridized carbons (Fsp3) is 0.100. The van der Waals surface area contributed by atoms with Gasteiger partial charge in [-0.25, -0.2) is 0 Å². The second-order valence-corrected chi connectivity index (χ2v) is 5.47. The molecule has 0 radical (unpaired) electrons. The van der Waals surface area contributed by atoms with Crippen LogP contribution in [0.2, 0.25) is 0 Å². The Balaban J connectivity index is 1.55. The molecule has 0 saturated heterocycles. The van der Waals surface area contributed by atoms with E-state index in [9.17, 15) is 0 Å². The first-order chi connectivity index (χ1) is 9.90. The fourth-order valence-corrected chi connectivity index (χ4v) is 3.08. The number of benzene rings is 2. The highest BCUT2D eigenvalue weighted by molar-refractivity contribution is 5.78. The average molecular weight is 256 g/mol. The van der Waals surface area contributed by atoms with Crippen LogP contribution in [0.25, 0.3) is 11.6 Å². The second-order valence-electron chi connectivity index (χ2n) is 5.47. The normalized spacial score (nSPS) is 16.5. The SMILES string of the molecule is C1=C(C2=Cc3ccccc3C2)CC(c2ccccc2)=C1. The van der Waals surface area contributed by atoms with Gasteiger partial charge in [0.05, 0.1) is 0 Å². The maximum absolute atomic E-state index is 2.35. The van der Waals surface area contributed by atoms with E-state index in [4.69, 9.17) is 0 Å². The molecule has 0 aromatic heterocycles. The van der Waals surface area contributed by atoms with Crippen LogP contribution in [-0.4, -0.2) is 0 Å². The molecule has 0 heteroatoms. The van der Waals surface area contributed by atoms with Gasteiger partial charge >= 0.3 is 0 Å². The first-order valence-corrected chi connectivity index (χ1v) is 7.14. The van der Waals surface area contributed by atoms with Crippen molar-refractivity contribution in [2.24, 2.45) is 0 Å². The van der Waals surface area contributed by atoms with Crippen LogP contribution in [0.5, 0.6) is 0 Å². The average Bonchev–Trinajstić information content (AvgIpc) is 3.14. The van der Waals surface area contributed by atoms with Crippen LogP contribution in [0.3, 0.4) is 0 Å². The predicted octanol–water partition coefficient (Wildman–Crippen LogP) is 5.04. The number of hydrogen-bond donors (Lipinski definition) is 0. The molecule has 2 aliphatic rings. The van der Waals surface area contributed by atoms with Gasteiger partial charge in [-0.2, -0.15) is 0 Å². The Morgan fingerprint density at radius 1 is 0.600 bits per heavy atom. The molecule has 0 heterocycles. The Bertz CT molecular complexity index is 743. The quantitative estimate of drug-likeness (QED) is 0.706. The maximum Gasteiger partial charge on any atom is -0.00168 e. The molecule has 0 unspecified atom stereocenters. The van der Waals surface area contributed by atoms with Crippen molar-refractivity contribution >= 4 is 11.6 Å². The molecule has 2 aliphatic carbocycles. The van der Waals surface area contributed by atoms with Crippen molar-refractivity contribution in [1.82, 2.24) is 0 Å². The molecule has 4 rings (SSSR count). The maximum atomic E-state index is 2.35. The van der Waals surface area contributed by atoms with Gasteiger partial charge in [0, 0.05) is 0 Å². The van der Waals surface area contributed by atoms with Crippen molar-refractivity contribution in [2.75, 3.05) is 0 Å². The smallest absolute Gasteiger partial charge is 0.00168 e. The second kappa shape index (κ2) is 4.64. The van der Waals surface area contributed by atoms with Crippen LogP contribution in [0.4, 0.5) is 0 Å². The molecule has 96 valence electrons. The van der Waals surface area contributed by atoms with Crippen molar-refractivity contribution in [3.05, 3.63) is 94.6 Å². The lowest BCUT2D eigenvalue weighted by atomic mass is 9.98. The molecular formula is C20H16. The van der Waals surface area contributed by atoms with Gasteiger partial charge in [-0.3, -0.25) is 0 Å². The third-order valence-electron chi connectivity index (χ3n) is 4.19. The van der Waals surface area contributed by atoms with Crippen molar-refractivity contribution in [3.63, 3.8) is 0 Å². The molecule has 0 aliphatic heterocycles. The molecule has 2 aromatic rings. The van der Waals surface area contributed by atoms with E-state index in [-0.39, 0.29) is 0 Å². The van der Waals surface area contributed by atoms with Gasteiger partial charge < -0.3 is 0 Å². The number of hydrogen-bond acceptors (Lipinski definition) is 0. The Labute approximate surface area is 119 Å². The van der Waals surface area contributed by atoms with E-state index in [2.05, 4.69) is 72.8 Å². The minimum Gasteiger partial charge on any atom is -0.0622 e. The van der Waals surface area contributed by atoms with Gasteiger partial charge in [0.1, 0.15) is 0 Å². The number of allylic oxidation sites excluding steroid dienone is 5. The molecule has 0 atom stereocenters. The summed E-state index contributed by atoms with van der Waals surface area (Å²) in [6.45, 7) is 0. The molecule has 0 spiro atoms. The zero-order valence-electron chi connectivity index (χ0n) is 11.3. The number of rotatable bonds is 2. The predicted molar refractivity (Wildman–Crippen MR) is 85.2 cm³/mol. The molecule has 20 heavy (non-hydrogen) atoms. The first kappa shape index (κ1) is 11.5. The van der Waals surface area contributed by atoms with Gasteiger partial charge in [-0.05, 0) is 46.3 Å². The van der Waals surface area contributed by atoms with Gasteiger partial charge in [-0.1, -0.05) is 72.8 Å². The third kappa shape index (κ3) is 1.94. The molecule has 0 N–H and O–H groups in total. The minimum atomic E-state index is 1.06. The molecule has 2 aromatic carbocycles. The van der Waals surface area contributed by atoms with Gasteiger partial charge in [-0.15, -0.1) is 0 Å². The summed E-state index contributed by atoms with van der Waals surface area (Å²) in [6.07, 6.45) is 9.05. The lowest BCUT2D eigenvalue weighted by Gasteiger charge is -2.06. The Morgan fingerprint density at radius 3 is 2.20 bits per heavy atom. The van der Waals surface area contributed by atoms with Crippen LogP contribution in [0.15, 0.2) is 77.9 Å². The van der Waals surface area contributed by atoms with E-state index in [0.717, 1.165) is 12.8 Å². The standard InChI is InChI=1S/C20H16/c1-2-6-15(7-3-1)18-10-11-19(12-18)20-13-16-8-4-5-9-17(16)14-20/h1-11,13H,12,14H2. The molecule has 0 amide bonds. The molecule has 0 saturated carbocycles. The highest BCUT2D eigenvalue weighted by Crippen LogP contribution is 2.37. The van der Waals surface area contributed by atoms with Gasteiger partial charge in [0.25, 0.3) is 0 Å². The van der Waals surface area contributed by atoms with E-state index < -0.39 is 0 Å². The summed E-state index contributed by atoms with van der Waals surface area (Å²) in [4.78, 5) is 0. The van der Waals surface area contributed by atoms with E-state index in [1.807, 2.05) is 0 Å². The van der Waals surface area contributed by atoms with Crippen LogP contribution < -0.4 is 0 Å². The topological polar surface area (TPSA) is 0 Å². The Morgan fingerprint density at radius 2 is 1.35 bits per heavy atom. The van der Waals surface area contributed by atoms with Crippen molar-refractivity contribution < 1.29 is 0 Å². The largest absolute Gasteiger partial charge is 0.0622 e. The molecule has 0 bridgehead atoms. The Kier molecular flexibility index (Phi) is 2.67. The summed E-state index contributed by atoms with van der Waals surface area (Å²) < 4.78 is 0. The van der Waals surface area contributed by atoms with Crippen LogP contribution in [0.1, 0.15) is 23.1 Å². The summed E-state index contributed by atoms with van der Waals surface area (Å²) in [6, 6.07) is 19.4. The minimum absolute atomic E-state index is 1.06. The first-order valence-electron chi connectivity index (χ1n) is 7.14. The lowest BCUT2D eigenvalue weighted by Crippen LogP contribution is -1.89. The summed E-state index contributed by atoms with van der Waals surface area (Å²) in [5.41, 5.74) is 8.56. The summed E-state index contributed by atoms with van der Waals surface area (Å²) >= 11 is 0. The summed E-state index contributed by atoms with van der Waals surface area (Å²) in [5, 5.41) is 0. The van der Waals surface area contributed by atoms with E-state index in [1.165, 1.54) is 33.4 Å². The lowest BCUT2D eigenvalue weighted by molar-refractivity contribution is 1.16. The zero-order chi connectivity index (χ0) is 13.4. The van der Waals surface area contributed by atoms with E-state index in [0.29, 0.717) is 0 Å². The fourth-order valence-electron chi connectivity index (χ4n) is 3.08. The van der Waals surface area contributed by atoms with Crippen molar-refractivity contribution in [3.8, 4) is 0 Å². The summed E-state index contributed by atoms with van der Waals surface area (Å²) in [7, 11) is 0. The molecule has 0 fully saturated rings. The molecular weight excluding hydrogens is 240 g/mol. The zero-order valence-corrected chi connectivity index (χ0v) is 11.3. The Hall–Kier alpha value is -2.34. The van der Waals surface area contributed by atoms with E-state index >= 15 is 0 Å². The van der Waals surface area contributed by atoms with Crippen LogP contribution >= 0.6 is 0 Å². The highest BCUT2D eigenvalue weighted by atomic mass is 14.2. The van der Waals surface area contributed by atoms with Gasteiger partial charge in [0.2, 0.25) is 0 Å². The van der Waals surface area contributed by atoms with Crippen LogP contribution in [-0.2, 0) is 6.42 Å².